The minimum atomic E-state index is -0.133. The Kier molecular flexibility index (Phi) is 6.37. The highest BCUT2D eigenvalue weighted by Crippen LogP contribution is 2.31. The topological polar surface area (TPSA) is 81.1 Å². The Balaban J connectivity index is 2.07. The molecular formula is C22H31N5O2. The Morgan fingerprint density at radius 2 is 1.97 bits per heavy atom. The lowest BCUT2D eigenvalue weighted by molar-refractivity contribution is -0.119. The summed E-state index contributed by atoms with van der Waals surface area (Å²) in [7, 11) is 0. The van der Waals surface area contributed by atoms with Crippen LogP contribution in [0.15, 0.2) is 24.3 Å². The summed E-state index contributed by atoms with van der Waals surface area (Å²) < 4.78 is 8.02. The molecule has 2 N–H and O–H groups in total. The predicted molar refractivity (Wildman–Crippen MR) is 117 cm³/mol. The molecule has 0 aliphatic heterocycles. The lowest BCUT2D eigenvalue weighted by atomic mass is 10.1. The number of pyridine rings is 1. The summed E-state index contributed by atoms with van der Waals surface area (Å²) in [6.45, 7) is 11.3. The van der Waals surface area contributed by atoms with Crippen molar-refractivity contribution in [2.45, 2.75) is 59.7 Å². The fraction of sp³-hybridized carbons (Fsp3) is 0.500. The lowest BCUT2D eigenvalue weighted by Gasteiger charge is -2.22. The van der Waals surface area contributed by atoms with Crippen molar-refractivity contribution in [1.82, 2.24) is 19.9 Å². The molecule has 0 unspecified atom stereocenters. The third-order valence-corrected chi connectivity index (χ3v) is 4.47. The average molecular weight is 398 g/mol. The molecule has 1 aromatic carbocycles. The quantitative estimate of drug-likeness (QED) is 0.564. The largest absolute Gasteiger partial charge is 0.364 e. The van der Waals surface area contributed by atoms with E-state index in [9.17, 15) is 4.79 Å². The van der Waals surface area contributed by atoms with Crippen molar-refractivity contribution in [3.8, 4) is 0 Å². The number of imidazole rings is 1. The Hall–Kier alpha value is -2.67. The highest BCUT2D eigenvalue weighted by Gasteiger charge is 2.20. The van der Waals surface area contributed by atoms with E-state index in [0.29, 0.717) is 19.9 Å². The number of rotatable bonds is 8. The van der Waals surface area contributed by atoms with Crippen LogP contribution in [0.25, 0.3) is 21.9 Å². The number of fused-ring (bicyclic) bond motifs is 3. The summed E-state index contributed by atoms with van der Waals surface area (Å²) in [5, 5.41) is 7.33. The summed E-state index contributed by atoms with van der Waals surface area (Å²) in [6.07, 6.45) is 1.84. The average Bonchev–Trinajstić information content (AvgIpc) is 2.99. The normalized spacial score (nSPS) is 11.9. The Bertz CT molecular complexity index is 1000. The number of amides is 1. The van der Waals surface area contributed by atoms with Crippen LogP contribution < -0.4 is 10.6 Å². The molecule has 0 saturated carbocycles. The van der Waals surface area contributed by atoms with Gasteiger partial charge in [0.2, 0.25) is 5.91 Å². The molecule has 3 rings (SSSR count). The summed E-state index contributed by atoms with van der Waals surface area (Å²) in [5.41, 5.74) is 2.69. The van der Waals surface area contributed by atoms with Crippen LogP contribution >= 0.6 is 0 Å². The summed E-state index contributed by atoms with van der Waals surface area (Å²) in [6, 6.07) is 8.13. The number of anilines is 1. The lowest BCUT2D eigenvalue weighted by Crippen LogP contribution is -2.27. The molecule has 0 aliphatic rings. The van der Waals surface area contributed by atoms with E-state index in [-0.39, 0.29) is 11.4 Å². The maximum atomic E-state index is 11.1. The smallest absolute Gasteiger partial charge is 0.216 e. The van der Waals surface area contributed by atoms with Gasteiger partial charge < -0.3 is 19.9 Å². The number of ether oxygens (including phenoxy) is 1. The summed E-state index contributed by atoms with van der Waals surface area (Å²) >= 11 is 0. The van der Waals surface area contributed by atoms with Gasteiger partial charge in [0, 0.05) is 30.8 Å². The third kappa shape index (κ3) is 5.03. The second-order valence-corrected chi connectivity index (χ2v) is 8.28. The van der Waals surface area contributed by atoms with E-state index in [1.54, 1.807) is 0 Å². The summed E-state index contributed by atoms with van der Waals surface area (Å²) in [5.74, 6) is 1.72. The number of hydrogen-bond acceptors (Lipinski definition) is 5. The molecule has 0 spiro atoms. The van der Waals surface area contributed by atoms with Crippen LogP contribution in [-0.2, 0) is 22.7 Å². The monoisotopic (exact) mass is 397 g/mol. The second-order valence-electron chi connectivity index (χ2n) is 8.28. The molecule has 2 heterocycles. The molecule has 0 radical (unpaired) electrons. The maximum absolute atomic E-state index is 11.1. The third-order valence-electron chi connectivity index (χ3n) is 4.47. The zero-order valence-electron chi connectivity index (χ0n) is 18.0. The van der Waals surface area contributed by atoms with Crippen LogP contribution in [0.3, 0.4) is 0 Å². The second kappa shape index (κ2) is 8.78. The number of nitrogens with one attached hydrogen (secondary N) is 2. The van der Waals surface area contributed by atoms with E-state index < -0.39 is 0 Å². The summed E-state index contributed by atoms with van der Waals surface area (Å²) in [4.78, 5) is 20.9. The van der Waals surface area contributed by atoms with Gasteiger partial charge in [-0.15, -0.1) is 0 Å². The molecule has 0 fully saturated rings. The van der Waals surface area contributed by atoms with E-state index in [1.165, 1.54) is 6.92 Å². The molecule has 3 aromatic rings. The van der Waals surface area contributed by atoms with E-state index in [2.05, 4.69) is 49.0 Å². The number of carbonyl (C=O) groups is 1. The number of para-hydroxylation sites is 1. The minimum Gasteiger partial charge on any atom is -0.364 e. The number of benzene rings is 1. The molecule has 7 heteroatoms. The van der Waals surface area contributed by atoms with Gasteiger partial charge in [-0.25, -0.2) is 9.97 Å². The number of nitrogens with zero attached hydrogens (tertiary/aromatic N) is 3. The molecule has 156 valence electrons. The number of hydrogen-bond donors (Lipinski definition) is 2. The highest BCUT2D eigenvalue weighted by atomic mass is 16.5. The molecule has 0 bridgehead atoms. The molecule has 7 nitrogen and oxygen atoms in total. The van der Waals surface area contributed by atoms with Crippen molar-refractivity contribution in [1.29, 1.82) is 0 Å². The first-order valence-electron chi connectivity index (χ1n) is 10.2. The molecule has 29 heavy (non-hydrogen) atoms. The van der Waals surface area contributed by atoms with Crippen LogP contribution in [-0.4, -0.2) is 39.1 Å². The molecular weight excluding hydrogens is 366 g/mol. The van der Waals surface area contributed by atoms with Crippen LogP contribution in [0.4, 0.5) is 5.82 Å². The zero-order valence-corrected chi connectivity index (χ0v) is 18.0. The SMILES string of the molecule is CCCc1nc2c(NC(C)(C)C)nc3ccccc3c2n1COCCNC(C)=O. The maximum Gasteiger partial charge on any atom is 0.216 e. The molecule has 0 atom stereocenters. The van der Waals surface area contributed by atoms with Gasteiger partial charge in [0.05, 0.1) is 17.6 Å². The van der Waals surface area contributed by atoms with E-state index in [4.69, 9.17) is 14.7 Å². The van der Waals surface area contributed by atoms with Gasteiger partial charge in [-0.2, -0.15) is 0 Å². The number of carbonyl (C=O) groups excluding carboxylic acids is 1. The molecule has 0 aliphatic carbocycles. The van der Waals surface area contributed by atoms with Gasteiger partial charge in [0.15, 0.2) is 5.82 Å². The number of aromatic nitrogens is 3. The van der Waals surface area contributed by atoms with E-state index >= 15 is 0 Å². The van der Waals surface area contributed by atoms with Crippen molar-refractivity contribution in [2.24, 2.45) is 0 Å². The molecule has 2 aromatic heterocycles. The first kappa shape index (κ1) is 21.0. The van der Waals surface area contributed by atoms with Crippen molar-refractivity contribution in [3.63, 3.8) is 0 Å². The van der Waals surface area contributed by atoms with Crippen molar-refractivity contribution in [3.05, 3.63) is 30.1 Å². The van der Waals surface area contributed by atoms with Gasteiger partial charge in [-0.1, -0.05) is 25.1 Å². The van der Waals surface area contributed by atoms with Crippen molar-refractivity contribution < 1.29 is 9.53 Å². The van der Waals surface area contributed by atoms with Gasteiger partial charge in [-0.05, 0) is 33.3 Å². The Morgan fingerprint density at radius 1 is 1.21 bits per heavy atom. The fourth-order valence-corrected chi connectivity index (χ4v) is 3.33. The van der Waals surface area contributed by atoms with Crippen LogP contribution in [0.1, 0.15) is 46.9 Å². The van der Waals surface area contributed by atoms with Crippen LogP contribution in [0.2, 0.25) is 0 Å². The predicted octanol–water partition coefficient (Wildman–Crippen LogP) is 3.86. The Labute approximate surface area is 171 Å². The highest BCUT2D eigenvalue weighted by molar-refractivity contribution is 6.07. The zero-order chi connectivity index (χ0) is 21.0. The first-order valence-corrected chi connectivity index (χ1v) is 10.2. The standard InChI is InChI=1S/C22H31N5O2/c1-6-9-18-25-19-20(27(18)14-29-13-12-23-15(2)28)16-10-7-8-11-17(16)24-21(19)26-22(3,4)5/h7-8,10-11H,6,9,12-14H2,1-5H3,(H,23,28)(H,24,26). The van der Waals surface area contributed by atoms with Crippen LogP contribution in [0, 0.1) is 0 Å². The van der Waals surface area contributed by atoms with Gasteiger partial charge in [-0.3, -0.25) is 4.79 Å². The fourth-order valence-electron chi connectivity index (χ4n) is 3.33. The minimum absolute atomic E-state index is 0.0525. The van der Waals surface area contributed by atoms with Crippen molar-refractivity contribution in [2.75, 3.05) is 18.5 Å². The number of aryl methyl sites for hydroxylation is 1. The molecule has 1 amide bonds. The van der Waals surface area contributed by atoms with Gasteiger partial charge in [0.1, 0.15) is 18.1 Å². The van der Waals surface area contributed by atoms with Gasteiger partial charge >= 0.3 is 0 Å². The van der Waals surface area contributed by atoms with E-state index in [1.807, 2.05) is 18.2 Å². The van der Waals surface area contributed by atoms with E-state index in [0.717, 1.165) is 46.4 Å². The first-order chi connectivity index (χ1) is 13.8. The van der Waals surface area contributed by atoms with Gasteiger partial charge in [0.25, 0.3) is 0 Å². The van der Waals surface area contributed by atoms with Crippen molar-refractivity contribution >= 4 is 33.7 Å². The Morgan fingerprint density at radius 3 is 2.66 bits per heavy atom. The molecule has 0 saturated heterocycles. The van der Waals surface area contributed by atoms with Crippen LogP contribution in [0.5, 0.6) is 0 Å².